The van der Waals surface area contributed by atoms with Crippen molar-refractivity contribution in [1.29, 1.82) is 0 Å². The number of hydrogen-bond donors (Lipinski definition) is 2. The average molecular weight is 259 g/mol. The number of para-hydroxylation sites is 1. The molecular weight excluding hydrogens is 234 g/mol. The summed E-state index contributed by atoms with van der Waals surface area (Å²) < 4.78 is 0. The first-order valence-electron chi connectivity index (χ1n) is 7.01. The Balaban J connectivity index is 2.80. The predicted molar refractivity (Wildman–Crippen MR) is 84.7 cm³/mol. The summed E-state index contributed by atoms with van der Waals surface area (Å²) in [6.07, 6.45) is 7.02. The predicted octanol–water partition coefficient (Wildman–Crippen LogP) is 3.50. The van der Waals surface area contributed by atoms with Crippen molar-refractivity contribution in [2.75, 3.05) is 11.9 Å². The number of nitrogens with two attached hydrogens (primary N) is 1. The SMILES string of the molecule is C/C=C/CCN=C(N)Nc1c(CC)cccc1CC. The molecule has 19 heavy (non-hydrogen) atoms. The van der Waals surface area contributed by atoms with Crippen LogP contribution in [0, 0.1) is 0 Å². The van der Waals surface area contributed by atoms with Gasteiger partial charge in [0, 0.05) is 12.2 Å². The molecule has 0 bridgehead atoms. The standard InChI is InChI=1S/C16H25N3/c1-4-7-8-12-18-16(17)19-15-13(5-2)10-9-11-14(15)6-3/h4,7,9-11H,5-6,8,12H2,1-3H3,(H3,17,18,19)/b7-4+. The molecule has 3 heteroatoms. The Morgan fingerprint density at radius 1 is 1.26 bits per heavy atom. The number of nitrogens with one attached hydrogen (secondary N) is 1. The molecule has 0 radical (unpaired) electrons. The molecular formula is C16H25N3. The maximum atomic E-state index is 5.95. The van der Waals surface area contributed by atoms with Gasteiger partial charge in [0.15, 0.2) is 5.96 Å². The van der Waals surface area contributed by atoms with Gasteiger partial charge in [0.05, 0.1) is 0 Å². The largest absolute Gasteiger partial charge is 0.370 e. The van der Waals surface area contributed by atoms with E-state index in [2.05, 4.69) is 48.4 Å². The molecule has 0 saturated heterocycles. The highest BCUT2D eigenvalue weighted by atomic mass is 15.1. The van der Waals surface area contributed by atoms with Gasteiger partial charge in [-0.05, 0) is 37.3 Å². The Kier molecular flexibility index (Phi) is 6.72. The minimum atomic E-state index is 0.500. The van der Waals surface area contributed by atoms with Crippen molar-refractivity contribution >= 4 is 11.6 Å². The number of nitrogens with zero attached hydrogens (tertiary/aromatic N) is 1. The molecule has 0 unspecified atom stereocenters. The number of anilines is 1. The number of rotatable bonds is 6. The lowest BCUT2D eigenvalue weighted by atomic mass is 10.0. The van der Waals surface area contributed by atoms with E-state index in [1.807, 2.05) is 13.0 Å². The van der Waals surface area contributed by atoms with Gasteiger partial charge in [0.2, 0.25) is 0 Å². The van der Waals surface area contributed by atoms with Crippen molar-refractivity contribution in [2.24, 2.45) is 10.7 Å². The zero-order chi connectivity index (χ0) is 14.1. The van der Waals surface area contributed by atoms with E-state index in [-0.39, 0.29) is 0 Å². The lowest BCUT2D eigenvalue weighted by Gasteiger charge is -2.14. The average Bonchev–Trinajstić information content (AvgIpc) is 2.43. The van der Waals surface area contributed by atoms with Gasteiger partial charge in [0.1, 0.15) is 0 Å². The number of allylic oxidation sites excluding steroid dienone is 1. The summed E-state index contributed by atoms with van der Waals surface area (Å²) in [6, 6.07) is 6.37. The van der Waals surface area contributed by atoms with Gasteiger partial charge in [0.25, 0.3) is 0 Å². The molecule has 0 aromatic heterocycles. The van der Waals surface area contributed by atoms with Gasteiger partial charge in [-0.2, -0.15) is 0 Å². The second-order valence-corrected chi connectivity index (χ2v) is 4.41. The molecule has 1 aromatic rings. The Labute approximate surface area is 116 Å². The lowest BCUT2D eigenvalue weighted by molar-refractivity contribution is 0.998. The molecule has 1 rings (SSSR count). The van der Waals surface area contributed by atoms with E-state index >= 15 is 0 Å². The van der Waals surface area contributed by atoms with Crippen LogP contribution in [0.15, 0.2) is 35.3 Å². The van der Waals surface area contributed by atoms with Gasteiger partial charge in [-0.25, -0.2) is 0 Å². The summed E-state index contributed by atoms with van der Waals surface area (Å²) in [7, 11) is 0. The highest BCUT2D eigenvalue weighted by Crippen LogP contribution is 2.22. The first-order valence-corrected chi connectivity index (χ1v) is 7.01. The Morgan fingerprint density at radius 3 is 2.42 bits per heavy atom. The van der Waals surface area contributed by atoms with Crippen molar-refractivity contribution < 1.29 is 0 Å². The second kappa shape index (κ2) is 8.35. The molecule has 0 amide bonds. The highest BCUT2D eigenvalue weighted by Gasteiger charge is 2.06. The Bertz CT molecular complexity index is 425. The first kappa shape index (κ1) is 15.3. The van der Waals surface area contributed by atoms with E-state index in [9.17, 15) is 0 Å². The highest BCUT2D eigenvalue weighted by molar-refractivity contribution is 5.93. The van der Waals surface area contributed by atoms with Gasteiger partial charge in [-0.1, -0.05) is 44.2 Å². The van der Waals surface area contributed by atoms with Crippen LogP contribution in [0.5, 0.6) is 0 Å². The van der Waals surface area contributed by atoms with Crippen LogP contribution in [0.4, 0.5) is 5.69 Å². The van der Waals surface area contributed by atoms with Crippen LogP contribution in [0.3, 0.4) is 0 Å². The van der Waals surface area contributed by atoms with Gasteiger partial charge >= 0.3 is 0 Å². The van der Waals surface area contributed by atoms with Crippen molar-refractivity contribution in [3.8, 4) is 0 Å². The fraction of sp³-hybridized carbons (Fsp3) is 0.438. The molecule has 3 nitrogen and oxygen atoms in total. The fourth-order valence-electron chi connectivity index (χ4n) is 2.00. The summed E-state index contributed by atoms with van der Waals surface area (Å²) in [5, 5.41) is 3.26. The van der Waals surface area contributed by atoms with Crippen molar-refractivity contribution in [3.05, 3.63) is 41.5 Å². The quantitative estimate of drug-likeness (QED) is 0.355. The van der Waals surface area contributed by atoms with Crippen molar-refractivity contribution in [2.45, 2.75) is 40.0 Å². The number of guanidine groups is 1. The third kappa shape index (κ3) is 4.78. The van der Waals surface area contributed by atoms with Gasteiger partial charge in [-0.15, -0.1) is 0 Å². The monoisotopic (exact) mass is 259 g/mol. The minimum absolute atomic E-state index is 0.500. The summed E-state index contributed by atoms with van der Waals surface area (Å²) in [5.41, 5.74) is 9.64. The molecule has 104 valence electrons. The van der Waals surface area contributed by atoms with E-state index in [0.717, 1.165) is 31.5 Å². The summed E-state index contributed by atoms with van der Waals surface area (Å²) >= 11 is 0. The second-order valence-electron chi connectivity index (χ2n) is 4.41. The first-order chi connectivity index (χ1) is 9.22. The van der Waals surface area contributed by atoms with Crippen LogP contribution < -0.4 is 11.1 Å². The minimum Gasteiger partial charge on any atom is -0.370 e. The van der Waals surface area contributed by atoms with E-state index in [1.165, 1.54) is 11.1 Å². The molecule has 0 aliphatic carbocycles. The molecule has 0 aliphatic heterocycles. The lowest BCUT2D eigenvalue weighted by Crippen LogP contribution is -2.24. The smallest absolute Gasteiger partial charge is 0.193 e. The van der Waals surface area contributed by atoms with Crippen LogP contribution in [0.2, 0.25) is 0 Å². The third-order valence-electron chi connectivity index (χ3n) is 3.07. The molecule has 0 saturated carbocycles. The summed E-state index contributed by atoms with van der Waals surface area (Å²) in [4.78, 5) is 4.34. The zero-order valence-corrected chi connectivity index (χ0v) is 12.2. The molecule has 0 aliphatic rings. The van der Waals surface area contributed by atoms with Crippen LogP contribution in [-0.2, 0) is 12.8 Å². The van der Waals surface area contributed by atoms with Crippen LogP contribution in [0.1, 0.15) is 38.3 Å². The Morgan fingerprint density at radius 2 is 1.89 bits per heavy atom. The van der Waals surface area contributed by atoms with Crippen LogP contribution >= 0.6 is 0 Å². The van der Waals surface area contributed by atoms with Gasteiger partial charge in [-0.3, -0.25) is 4.99 Å². The fourth-order valence-corrected chi connectivity index (χ4v) is 2.00. The maximum absolute atomic E-state index is 5.95. The van der Waals surface area contributed by atoms with E-state index in [1.54, 1.807) is 0 Å². The number of benzene rings is 1. The number of aliphatic imine (C=N–C) groups is 1. The molecule has 0 atom stereocenters. The normalized spacial score (nSPS) is 12.1. The van der Waals surface area contributed by atoms with E-state index in [0.29, 0.717) is 5.96 Å². The van der Waals surface area contributed by atoms with Crippen LogP contribution in [-0.4, -0.2) is 12.5 Å². The number of aryl methyl sites for hydroxylation is 2. The van der Waals surface area contributed by atoms with Crippen molar-refractivity contribution in [3.63, 3.8) is 0 Å². The topological polar surface area (TPSA) is 50.4 Å². The molecule has 3 N–H and O–H groups in total. The third-order valence-corrected chi connectivity index (χ3v) is 3.07. The maximum Gasteiger partial charge on any atom is 0.193 e. The molecule has 0 heterocycles. The van der Waals surface area contributed by atoms with E-state index in [4.69, 9.17) is 5.73 Å². The Hall–Kier alpha value is -1.77. The number of hydrogen-bond acceptors (Lipinski definition) is 1. The summed E-state index contributed by atoms with van der Waals surface area (Å²) in [5.74, 6) is 0.500. The van der Waals surface area contributed by atoms with E-state index < -0.39 is 0 Å². The molecule has 1 aromatic carbocycles. The molecule has 0 spiro atoms. The molecule has 0 fully saturated rings. The van der Waals surface area contributed by atoms with Gasteiger partial charge < -0.3 is 11.1 Å². The van der Waals surface area contributed by atoms with Crippen molar-refractivity contribution in [1.82, 2.24) is 0 Å². The van der Waals surface area contributed by atoms with Crippen LogP contribution in [0.25, 0.3) is 0 Å². The zero-order valence-electron chi connectivity index (χ0n) is 12.2. The summed E-state index contributed by atoms with van der Waals surface area (Å²) in [6.45, 7) is 7.04.